The molecule has 22 heavy (non-hydrogen) atoms. The molecule has 1 unspecified atom stereocenters. The monoisotopic (exact) mass is 304 g/mol. The van der Waals surface area contributed by atoms with Gasteiger partial charge in [-0.1, -0.05) is 18.2 Å². The summed E-state index contributed by atoms with van der Waals surface area (Å²) in [5, 5.41) is 6.66. The second kappa shape index (κ2) is 8.63. The van der Waals surface area contributed by atoms with Crippen LogP contribution in [-0.4, -0.2) is 51.9 Å². The summed E-state index contributed by atoms with van der Waals surface area (Å²) < 4.78 is 5.04. The van der Waals surface area contributed by atoms with Gasteiger partial charge in [-0.05, 0) is 31.9 Å². The van der Waals surface area contributed by atoms with E-state index in [9.17, 15) is 0 Å². The molecule has 5 heteroatoms. The van der Waals surface area contributed by atoms with Gasteiger partial charge in [-0.2, -0.15) is 0 Å². The Kier molecular flexibility index (Phi) is 6.52. The maximum Gasteiger partial charge on any atom is 0.191 e. The Morgan fingerprint density at radius 2 is 2.18 bits per heavy atom. The number of fused-ring (bicyclic) bond motifs is 1. The van der Waals surface area contributed by atoms with Crippen LogP contribution in [0.25, 0.3) is 0 Å². The second-order valence-corrected chi connectivity index (χ2v) is 5.56. The number of anilines is 1. The maximum absolute atomic E-state index is 5.04. The molecule has 1 atom stereocenters. The van der Waals surface area contributed by atoms with Crippen molar-refractivity contribution >= 4 is 11.6 Å². The molecule has 2 N–H and O–H groups in total. The summed E-state index contributed by atoms with van der Waals surface area (Å²) in [4.78, 5) is 6.95. The molecular weight excluding hydrogens is 276 g/mol. The second-order valence-electron chi connectivity index (χ2n) is 5.56. The average molecular weight is 304 g/mol. The summed E-state index contributed by atoms with van der Waals surface area (Å²) in [6.45, 7) is 8.40. The van der Waals surface area contributed by atoms with Gasteiger partial charge in [0.1, 0.15) is 0 Å². The van der Waals surface area contributed by atoms with E-state index < -0.39 is 0 Å². The molecule has 0 radical (unpaired) electrons. The third kappa shape index (κ3) is 4.37. The first-order chi connectivity index (χ1) is 10.8. The van der Waals surface area contributed by atoms with Crippen LogP contribution in [0, 0.1) is 0 Å². The minimum Gasteiger partial charge on any atom is -0.383 e. The zero-order chi connectivity index (χ0) is 15.8. The van der Waals surface area contributed by atoms with Crippen LogP contribution >= 0.6 is 0 Å². The molecule has 0 fully saturated rings. The van der Waals surface area contributed by atoms with Gasteiger partial charge in [-0.25, -0.2) is 0 Å². The highest BCUT2D eigenvalue weighted by Gasteiger charge is 2.24. The lowest BCUT2D eigenvalue weighted by molar-refractivity contribution is 0.208. The van der Waals surface area contributed by atoms with Gasteiger partial charge >= 0.3 is 0 Å². The van der Waals surface area contributed by atoms with Gasteiger partial charge in [0, 0.05) is 38.5 Å². The number of benzene rings is 1. The molecule has 1 aliphatic heterocycles. The Hall–Kier alpha value is -1.75. The predicted molar refractivity (Wildman–Crippen MR) is 92.8 cm³/mol. The Morgan fingerprint density at radius 3 is 2.95 bits per heavy atom. The molecule has 1 aromatic carbocycles. The van der Waals surface area contributed by atoms with Gasteiger partial charge in [0.05, 0.1) is 13.2 Å². The topological polar surface area (TPSA) is 48.9 Å². The summed E-state index contributed by atoms with van der Waals surface area (Å²) in [7, 11) is 1.70. The minimum atomic E-state index is 0.562. The van der Waals surface area contributed by atoms with Crippen LogP contribution in [0.2, 0.25) is 0 Å². The smallest absolute Gasteiger partial charge is 0.191 e. The zero-order valence-corrected chi connectivity index (χ0v) is 13.9. The molecule has 0 aromatic heterocycles. The van der Waals surface area contributed by atoms with Gasteiger partial charge in [-0.15, -0.1) is 0 Å². The Labute approximate surface area is 133 Å². The van der Waals surface area contributed by atoms with Gasteiger partial charge in [-0.3, -0.25) is 4.99 Å². The molecule has 0 spiro atoms. The maximum atomic E-state index is 5.04. The molecule has 2 rings (SSSR count). The number of nitrogens with one attached hydrogen (secondary N) is 2. The van der Waals surface area contributed by atoms with Crippen LogP contribution in [0.1, 0.15) is 19.4 Å². The van der Waals surface area contributed by atoms with E-state index in [-0.39, 0.29) is 0 Å². The average Bonchev–Trinajstić information content (AvgIpc) is 2.83. The van der Waals surface area contributed by atoms with Crippen molar-refractivity contribution in [2.75, 3.05) is 44.8 Å². The largest absolute Gasteiger partial charge is 0.383 e. The molecule has 5 nitrogen and oxygen atoms in total. The Balaban J connectivity index is 1.85. The lowest BCUT2D eigenvalue weighted by atomic mass is 10.1. The molecule has 1 aliphatic rings. The fourth-order valence-corrected chi connectivity index (χ4v) is 2.86. The van der Waals surface area contributed by atoms with Crippen molar-refractivity contribution in [1.29, 1.82) is 0 Å². The van der Waals surface area contributed by atoms with Crippen molar-refractivity contribution < 1.29 is 4.74 Å². The summed E-state index contributed by atoms with van der Waals surface area (Å²) in [5.41, 5.74) is 2.83. The number of methoxy groups -OCH3 is 1. The Morgan fingerprint density at radius 1 is 1.36 bits per heavy atom. The first-order valence-corrected chi connectivity index (χ1v) is 8.12. The number of hydrogen-bond donors (Lipinski definition) is 2. The van der Waals surface area contributed by atoms with E-state index in [1.165, 1.54) is 11.3 Å². The van der Waals surface area contributed by atoms with Crippen molar-refractivity contribution in [2.45, 2.75) is 26.3 Å². The third-order valence-electron chi connectivity index (χ3n) is 3.90. The first kappa shape index (κ1) is 16.6. The van der Waals surface area contributed by atoms with E-state index in [1.807, 2.05) is 0 Å². The van der Waals surface area contributed by atoms with Crippen molar-refractivity contribution in [1.82, 2.24) is 10.6 Å². The molecule has 1 aromatic rings. The number of aliphatic imine (C=N–C) groups is 1. The van der Waals surface area contributed by atoms with Crippen LogP contribution in [0.4, 0.5) is 5.69 Å². The predicted octanol–water partition coefficient (Wildman–Crippen LogP) is 1.64. The van der Waals surface area contributed by atoms with Crippen LogP contribution in [0.15, 0.2) is 29.3 Å². The van der Waals surface area contributed by atoms with Crippen LogP contribution in [0.3, 0.4) is 0 Å². The molecular formula is C17H28N4O. The SMILES string of the molecule is CCNC(=NCCOC)NCCN1c2ccccc2CC1C. The van der Waals surface area contributed by atoms with E-state index in [2.05, 4.69) is 58.6 Å². The van der Waals surface area contributed by atoms with E-state index in [1.54, 1.807) is 7.11 Å². The fourth-order valence-electron chi connectivity index (χ4n) is 2.86. The van der Waals surface area contributed by atoms with Crippen molar-refractivity contribution in [3.8, 4) is 0 Å². The number of hydrogen-bond acceptors (Lipinski definition) is 3. The van der Waals surface area contributed by atoms with Gasteiger partial charge < -0.3 is 20.3 Å². The quantitative estimate of drug-likeness (QED) is 0.457. The lowest BCUT2D eigenvalue weighted by Gasteiger charge is -2.25. The number of ether oxygens (including phenoxy) is 1. The molecule has 0 saturated heterocycles. The number of nitrogens with zero attached hydrogens (tertiary/aromatic N) is 2. The molecule has 1 heterocycles. The fraction of sp³-hybridized carbons (Fsp3) is 0.588. The van der Waals surface area contributed by atoms with Gasteiger partial charge in [0.15, 0.2) is 5.96 Å². The standard InChI is InChI=1S/C17H28N4O/c1-4-18-17(20-10-12-22-3)19-9-11-21-14(2)13-15-7-5-6-8-16(15)21/h5-8,14H,4,9-13H2,1-3H3,(H2,18,19,20). The first-order valence-electron chi connectivity index (χ1n) is 8.12. The van der Waals surface area contributed by atoms with Gasteiger partial charge in [0.25, 0.3) is 0 Å². The number of rotatable bonds is 7. The van der Waals surface area contributed by atoms with Crippen LogP contribution in [0.5, 0.6) is 0 Å². The molecule has 0 amide bonds. The highest BCUT2D eigenvalue weighted by Crippen LogP contribution is 2.30. The molecule has 0 saturated carbocycles. The normalized spacial score (nSPS) is 17.5. The van der Waals surface area contributed by atoms with Crippen LogP contribution in [-0.2, 0) is 11.2 Å². The van der Waals surface area contributed by atoms with E-state index in [0.29, 0.717) is 19.2 Å². The highest BCUT2D eigenvalue weighted by molar-refractivity contribution is 5.79. The lowest BCUT2D eigenvalue weighted by Crippen LogP contribution is -2.43. The van der Waals surface area contributed by atoms with Gasteiger partial charge in [0.2, 0.25) is 0 Å². The summed E-state index contributed by atoms with van der Waals surface area (Å²) in [5.74, 6) is 0.861. The third-order valence-corrected chi connectivity index (χ3v) is 3.90. The van der Waals surface area contributed by atoms with Crippen molar-refractivity contribution in [3.63, 3.8) is 0 Å². The minimum absolute atomic E-state index is 0.562. The Bertz CT molecular complexity index is 489. The van der Waals surface area contributed by atoms with E-state index in [4.69, 9.17) is 4.74 Å². The molecule has 122 valence electrons. The van der Waals surface area contributed by atoms with Crippen molar-refractivity contribution in [3.05, 3.63) is 29.8 Å². The summed E-state index contributed by atoms with van der Waals surface area (Å²) in [6, 6.07) is 9.26. The zero-order valence-electron chi connectivity index (χ0n) is 13.9. The van der Waals surface area contributed by atoms with E-state index >= 15 is 0 Å². The number of guanidine groups is 1. The van der Waals surface area contributed by atoms with Crippen LogP contribution < -0.4 is 15.5 Å². The molecule has 0 bridgehead atoms. The summed E-state index contributed by atoms with van der Waals surface area (Å²) in [6.07, 6.45) is 1.14. The highest BCUT2D eigenvalue weighted by atomic mass is 16.5. The molecule has 0 aliphatic carbocycles. The van der Waals surface area contributed by atoms with Crippen molar-refractivity contribution in [2.24, 2.45) is 4.99 Å². The van der Waals surface area contributed by atoms with E-state index in [0.717, 1.165) is 32.0 Å². The summed E-state index contributed by atoms with van der Waals surface area (Å²) >= 11 is 0. The number of para-hydroxylation sites is 1.